The molecule has 35 heavy (non-hydrogen) atoms. The number of hydrogen-bond acceptors (Lipinski definition) is 5. The molecule has 0 spiro atoms. The first kappa shape index (κ1) is 23.1. The van der Waals surface area contributed by atoms with Crippen LogP contribution in [0.1, 0.15) is 36.0 Å². The molecule has 1 aliphatic rings. The molecule has 2 atom stereocenters. The number of hydrogen-bond donors (Lipinski definition) is 2. The van der Waals surface area contributed by atoms with Crippen LogP contribution in [-0.2, 0) is 4.79 Å². The predicted octanol–water partition coefficient (Wildman–Crippen LogP) is 6.27. The minimum Gasteiger partial charge on any atom is -0.452 e. The monoisotopic (exact) mass is 500 g/mol. The normalized spacial score (nSPS) is 17.3. The molecule has 6 nitrogen and oxygen atoms in total. The summed E-state index contributed by atoms with van der Waals surface area (Å²) in [5, 5.41) is 7.63. The summed E-state index contributed by atoms with van der Waals surface area (Å²) in [5.74, 6) is 0.673. The lowest BCUT2D eigenvalue weighted by Crippen LogP contribution is -2.29. The summed E-state index contributed by atoms with van der Waals surface area (Å²) in [6, 6.07) is 25.4. The zero-order valence-corrected chi connectivity index (χ0v) is 20.9. The van der Waals surface area contributed by atoms with Crippen LogP contribution >= 0.6 is 24.0 Å². The third-order valence-electron chi connectivity index (χ3n) is 5.70. The molecule has 1 aliphatic heterocycles. The van der Waals surface area contributed by atoms with E-state index in [1.807, 2.05) is 59.5 Å². The van der Waals surface area contributed by atoms with Gasteiger partial charge in [0.2, 0.25) is 5.91 Å². The molecular formula is C27H24N4O2S2. The van der Waals surface area contributed by atoms with Gasteiger partial charge in [0.05, 0.1) is 11.7 Å². The summed E-state index contributed by atoms with van der Waals surface area (Å²) in [6.07, 6.45) is 1.78. The second-order valence-corrected chi connectivity index (χ2v) is 9.76. The smallest absolute Gasteiger partial charge is 0.221 e. The highest BCUT2D eigenvalue weighted by molar-refractivity contribution is 7.99. The van der Waals surface area contributed by atoms with Gasteiger partial charge in [-0.3, -0.25) is 9.78 Å². The average molecular weight is 501 g/mol. The highest BCUT2D eigenvalue weighted by atomic mass is 32.2. The molecule has 1 amide bonds. The number of carbonyl (C=O) groups is 1. The summed E-state index contributed by atoms with van der Waals surface area (Å²) in [5.41, 5.74) is 3.72. The van der Waals surface area contributed by atoms with Crippen LogP contribution in [0, 0.1) is 6.92 Å². The first-order valence-corrected chi connectivity index (χ1v) is 12.4. The molecule has 4 aromatic rings. The second-order valence-electron chi connectivity index (χ2n) is 8.30. The third kappa shape index (κ3) is 5.08. The van der Waals surface area contributed by atoms with Gasteiger partial charge in [0.15, 0.2) is 10.2 Å². The molecule has 0 radical (unpaired) electrons. The topological polar surface area (TPSA) is 70.4 Å². The molecule has 1 fully saturated rings. The molecule has 5 rings (SSSR count). The molecule has 8 heteroatoms. The van der Waals surface area contributed by atoms with Crippen molar-refractivity contribution in [3.63, 3.8) is 0 Å². The van der Waals surface area contributed by atoms with Gasteiger partial charge in [-0.05, 0) is 79.8 Å². The van der Waals surface area contributed by atoms with Crippen molar-refractivity contribution in [2.45, 2.75) is 35.9 Å². The Morgan fingerprint density at radius 2 is 1.83 bits per heavy atom. The van der Waals surface area contributed by atoms with Crippen molar-refractivity contribution in [3.05, 3.63) is 102 Å². The van der Waals surface area contributed by atoms with Crippen LogP contribution in [0.5, 0.6) is 0 Å². The van der Waals surface area contributed by atoms with Gasteiger partial charge in [-0.25, -0.2) is 0 Å². The number of benzene rings is 2. The van der Waals surface area contributed by atoms with Crippen LogP contribution in [0.3, 0.4) is 0 Å². The predicted molar refractivity (Wildman–Crippen MR) is 143 cm³/mol. The van der Waals surface area contributed by atoms with Crippen molar-refractivity contribution < 1.29 is 9.21 Å². The molecule has 0 bridgehead atoms. The van der Waals surface area contributed by atoms with E-state index in [-0.39, 0.29) is 18.0 Å². The third-order valence-corrected chi connectivity index (χ3v) is 6.94. The molecule has 176 valence electrons. The van der Waals surface area contributed by atoms with E-state index in [9.17, 15) is 4.79 Å². The van der Waals surface area contributed by atoms with E-state index >= 15 is 0 Å². The van der Waals surface area contributed by atoms with Crippen molar-refractivity contribution in [2.75, 3.05) is 10.2 Å². The number of carbonyl (C=O) groups excluding carboxylic acids is 1. The summed E-state index contributed by atoms with van der Waals surface area (Å²) >= 11 is 7.36. The standard InChI is InChI=1S/C27H24N4O2S2/c1-17-6-12-21(13-7-17)35-24-15-14-23(33-24)26-25(22-5-3-4-16-28-22)30-27(34)31(26)20-10-8-19(9-11-20)29-18(2)32/h3-16,25-26H,1-2H3,(H,29,32)(H,30,34)/t25-,26+/m1/s1. The fourth-order valence-electron chi connectivity index (χ4n) is 4.10. The number of pyridine rings is 1. The van der Waals surface area contributed by atoms with Crippen molar-refractivity contribution in [1.29, 1.82) is 0 Å². The Hall–Kier alpha value is -3.62. The van der Waals surface area contributed by atoms with Gasteiger partial charge in [0.1, 0.15) is 11.8 Å². The number of rotatable bonds is 6. The summed E-state index contributed by atoms with van der Waals surface area (Å²) in [4.78, 5) is 19.2. The van der Waals surface area contributed by atoms with E-state index in [0.29, 0.717) is 5.11 Å². The molecule has 1 saturated heterocycles. The van der Waals surface area contributed by atoms with Crippen LogP contribution in [0.4, 0.5) is 11.4 Å². The van der Waals surface area contributed by atoms with Crippen molar-refractivity contribution in [1.82, 2.24) is 10.3 Å². The molecule has 0 saturated carbocycles. The minimum absolute atomic E-state index is 0.113. The van der Waals surface area contributed by atoms with E-state index in [4.69, 9.17) is 16.6 Å². The first-order chi connectivity index (χ1) is 17.0. The van der Waals surface area contributed by atoms with E-state index in [2.05, 4.69) is 46.8 Å². The number of aryl methyl sites for hydroxylation is 1. The van der Waals surface area contributed by atoms with Crippen LogP contribution in [0.2, 0.25) is 0 Å². The molecule has 3 heterocycles. The Balaban J connectivity index is 1.49. The Bertz CT molecular complexity index is 1340. The minimum atomic E-state index is -0.239. The molecule has 2 N–H and O–H groups in total. The number of amides is 1. The average Bonchev–Trinajstić information content (AvgIpc) is 3.45. The fourth-order valence-corrected chi connectivity index (χ4v) is 5.23. The second kappa shape index (κ2) is 9.93. The number of nitrogens with one attached hydrogen (secondary N) is 2. The fraction of sp³-hybridized carbons (Fsp3) is 0.148. The van der Waals surface area contributed by atoms with Crippen molar-refractivity contribution in [2.24, 2.45) is 0 Å². The highest BCUT2D eigenvalue weighted by Crippen LogP contribution is 2.43. The van der Waals surface area contributed by atoms with Crippen LogP contribution in [0.15, 0.2) is 99.5 Å². The number of anilines is 2. The number of aromatic nitrogens is 1. The zero-order chi connectivity index (χ0) is 24.4. The Labute approximate surface area is 213 Å². The largest absolute Gasteiger partial charge is 0.452 e. The van der Waals surface area contributed by atoms with Crippen molar-refractivity contribution in [3.8, 4) is 0 Å². The van der Waals surface area contributed by atoms with E-state index in [1.54, 1.807) is 18.0 Å². The van der Waals surface area contributed by atoms with Gasteiger partial charge in [-0.1, -0.05) is 35.5 Å². The maximum Gasteiger partial charge on any atom is 0.221 e. The van der Waals surface area contributed by atoms with Gasteiger partial charge in [-0.2, -0.15) is 0 Å². The van der Waals surface area contributed by atoms with Crippen molar-refractivity contribution >= 4 is 46.4 Å². The van der Waals surface area contributed by atoms with Crippen LogP contribution < -0.4 is 15.5 Å². The summed E-state index contributed by atoms with van der Waals surface area (Å²) in [7, 11) is 0. The van der Waals surface area contributed by atoms with Gasteiger partial charge >= 0.3 is 0 Å². The quantitative estimate of drug-likeness (QED) is 0.302. The Morgan fingerprint density at radius 3 is 2.51 bits per heavy atom. The van der Waals surface area contributed by atoms with Gasteiger partial charge < -0.3 is 20.0 Å². The molecular weight excluding hydrogens is 476 g/mol. The number of nitrogens with zero attached hydrogens (tertiary/aromatic N) is 2. The Kier molecular flexibility index (Phi) is 6.57. The SMILES string of the molecule is CC(=O)Nc1ccc(N2C(=S)N[C@H](c3ccccn3)[C@@H]2c2ccc(Sc3ccc(C)cc3)o2)cc1. The van der Waals surface area contributed by atoms with Crippen LogP contribution in [-0.4, -0.2) is 16.0 Å². The summed E-state index contributed by atoms with van der Waals surface area (Å²) in [6.45, 7) is 3.56. The number of thiocarbonyl (C=S) groups is 1. The lowest BCUT2D eigenvalue weighted by atomic mass is 10.0. The number of furan rings is 1. The lowest BCUT2D eigenvalue weighted by molar-refractivity contribution is -0.114. The zero-order valence-electron chi connectivity index (χ0n) is 19.3. The molecule has 2 aromatic heterocycles. The van der Waals surface area contributed by atoms with E-state index in [1.165, 1.54) is 12.5 Å². The van der Waals surface area contributed by atoms with E-state index in [0.717, 1.165) is 32.8 Å². The molecule has 0 aliphatic carbocycles. The van der Waals surface area contributed by atoms with Crippen LogP contribution in [0.25, 0.3) is 0 Å². The molecule has 0 unspecified atom stereocenters. The maximum atomic E-state index is 11.4. The van der Waals surface area contributed by atoms with Gasteiger partial charge in [0, 0.05) is 29.4 Å². The van der Waals surface area contributed by atoms with E-state index < -0.39 is 0 Å². The first-order valence-electron chi connectivity index (χ1n) is 11.2. The lowest BCUT2D eigenvalue weighted by Gasteiger charge is -2.26. The molecule has 2 aromatic carbocycles. The Morgan fingerprint density at radius 1 is 1.06 bits per heavy atom. The summed E-state index contributed by atoms with van der Waals surface area (Å²) < 4.78 is 6.37. The highest BCUT2D eigenvalue weighted by Gasteiger charge is 2.42. The van der Waals surface area contributed by atoms with Gasteiger partial charge in [0.25, 0.3) is 0 Å². The van der Waals surface area contributed by atoms with Gasteiger partial charge in [-0.15, -0.1) is 0 Å². The maximum absolute atomic E-state index is 11.4.